The molecule has 5 heteroatoms. The van der Waals surface area contributed by atoms with Gasteiger partial charge in [-0.1, -0.05) is 24.7 Å². The fourth-order valence-electron chi connectivity index (χ4n) is 0.377. The first-order valence-electron chi connectivity index (χ1n) is 3.15. The molecule has 0 aliphatic rings. The van der Waals surface area contributed by atoms with Crippen molar-refractivity contribution >= 4 is 28.9 Å². The standard InChI is InChI=1S/C5H13O2PS2/c1-3-4-5-10-8(6,9)7-2/h3-5H2,1-2H3,(H,6,9). The molecule has 0 saturated heterocycles. The molecule has 0 aromatic carbocycles. The van der Waals surface area contributed by atoms with E-state index in [-0.39, 0.29) is 0 Å². The number of unbranched alkanes of at least 4 members (excludes halogenated alkanes) is 1. The van der Waals surface area contributed by atoms with E-state index in [4.69, 9.17) is 16.3 Å². The van der Waals surface area contributed by atoms with Crippen LogP contribution in [0.25, 0.3) is 0 Å². The van der Waals surface area contributed by atoms with E-state index in [1.807, 2.05) is 0 Å². The van der Waals surface area contributed by atoms with E-state index < -0.39 is 5.69 Å². The first-order valence-corrected chi connectivity index (χ1v) is 7.42. The fourth-order valence-corrected chi connectivity index (χ4v) is 3.20. The van der Waals surface area contributed by atoms with E-state index in [1.165, 1.54) is 18.5 Å². The molecule has 1 N–H and O–H groups in total. The Balaban J connectivity index is 3.38. The molecule has 0 aliphatic heterocycles. The number of hydrogen-bond donors (Lipinski definition) is 1. The van der Waals surface area contributed by atoms with Crippen molar-refractivity contribution in [2.24, 2.45) is 0 Å². The van der Waals surface area contributed by atoms with E-state index in [2.05, 4.69) is 6.92 Å². The van der Waals surface area contributed by atoms with Crippen LogP contribution in [0.5, 0.6) is 0 Å². The Bertz CT molecular complexity index is 129. The minimum Gasteiger partial charge on any atom is -0.337 e. The molecule has 0 aromatic heterocycles. The predicted molar refractivity (Wildman–Crippen MR) is 50.9 cm³/mol. The summed E-state index contributed by atoms with van der Waals surface area (Å²) in [5.74, 6) is 0.901. The van der Waals surface area contributed by atoms with Gasteiger partial charge in [0.25, 0.3) is 0 Å². The molecule has 0 heterocycles. The van der Waals surface area contributed by atoms with Crippen LogP contribution in [0.1, 0.15) is 19.8 Å². The van der Waals surface area contributed by atoms with Crippen molar-refractivity contribution in [1.29, 1.82) is 0 Å². The van der Waals surface area contributed by atoms with E-state index in [9.17, 15) is 4.89 Å². The molecular weight excluding hydrogens is 187 g/mol. The predicted octanol–water partition coefficient (Wildman–Crippen LogP) is 2.38. The topological polar surface area (TPSA) is 29.5 Å². The van der Waals surface area contributed by atoms with E-state index in [0.29, 0.717) is 0 Å². The third-order valence-electron chi connectivity index (χ3n) is 0.983. The normalized spacial score (nSPS) is 16.7. The summed E-state index contributed by atoms with van der Waals surface area (Å²) in [6, 6.07) is 0. The van der Waals surface area contributed by atoms with Crippen LogP contribution < -0.4 is 0 Å². The van der Waals surface area contributed by atoms with Gasteiger partial charge in [0.05, 0.1) is 0 Å². The van der Waals surface area contributed by atoms with Crippen LogP contribution in [0.15, 0.2) is 0 Å². The minimum absolute atomic E-state index is 0.901. The summed E-state index contributed by atoms with van der Waals surface area (Å²) in [5.41, 5.74) is -2.45. The largest absolute Gasteiger partial charge is 0.337 e. The zero-order valence-corrected chi connectivity index (χ0v) is 8.77. The summed E-state index contributed by atoms with van der Waals surface area (Å²) in [6.45, 7) is 2.11. The SMILES string of the molecule is CCCCSP(O)(=S)OC. The van der Waals surface area contributed by atoms with Crippen LogP contribution in [0.3, 0.4) is 0 Å². The maximum Gasteiger partial charge on any atom is 0.244 e. The molecular formula is C5H13O2PS2. The van der Waals surface area contributed by atoms with Gasteiger partial charge in [0.1, 0.15) is 0 Å². The van der Waals surface area contributed by atoms with E-state index in [1.54, 1.807) is 0 Å². The monoisotopic (exact) mass is 200 g/mol. The summed E-state index contributed by atoms with van der Waals surface area (Å²) < 4.78 is 4.73. The van der Waals surface area contributed by atoms with Gasteiger partial charge in [0, 0.05) is 12.9 Å². The van der Waals surface area contributed by atoms with Gasteiger partial charge in [-0.2, -0.15) is 0 Å². The van der Waals surface area contributed by atoms with Crippen molar-refractivity contribution in [3.63, 3.8) is 0 Å². The second-order valence-corrected chi connectivity index (χ2v) is 8.24. The molecule has 0 rings (SSSR count). The van der Waals surface area contributed by atoms with Crippen molar-refractivity contribution in [1.82, 2.24) is 0 Å². The minimum atomic E-state index is -2.45. The maximum absolute atomic E-state index is 9.22. The molecule has 0 aliphatic carbocycles. The smallest absolute Gasteiger partial charge is 0.244 e. The average molecular weight is 200 g/mol. The van der Waals surface area contributed by atoms with Gasteiger partial charge in [-0.3, -0.25) is 0 Å². The molecule has 0 aromatic rings. The van der Waals surface area contributed by atoms with Gasteiger partial charge in [-0.05, 0) is 18.2 Å². The molecule has 1 unspecified atom stereocenters. The van der Waals surface area contributed by atoms with E-state index in [0.717, 1.165) is 18.6 Å². The molecule has 62 valence electrons. The van der Waals surface area contributed by atoms with Gasteiger partial charge < -0.3 is 9.42 Å². The molecule has 0 saturated carbocycles. The zero-order valence-electron chi connectivity index (χ0n) is 6.24. The summed E-state index contributed by atoms with van der Waals surface area (Å²) in [6.07, 6.45) is 2.22. The molecule has 10 heavy (non-hydrogen) atoms. The second kappa shape index (κ2) is 5.56. The number of rotatable bonds is 5. The van der Waals surface area contributed by atoms with Gasteiger partial charge in [-0.25, -0.2) is 0 Å². The lowest BCUT2D eigenvalue weighted by atomic mass is 10.4. The Hall–Kier alpha value is 0.920. The van der Waals surface area contributed by atoms with Crippen molar-refractivity contribution in [3.8, 4) is 0 Å². The summed E-state index contributed by atoms with van der Waals surface area (Å²) in [4.78, 5) is 9.22. The highest BCUT2D eigenvalue weighted by Crippen LogP contribution is 2.55. The van der Waals surface area contributed by atoms with Gasteiger partial charge >= 0.3 is 0 Å². The Morgan fingerprint density at radius 2 is 2.30 bits per heavy atom. The third kappa shape index (κ3) is 5.69. The molecule has 0 fully saturated rings. The lowest BCUT2D eigenvalue weighted by Gasteiger charge is -2.10. The highest BCUT2D eigenvalue weighted by molar-refractivity contribution is 8.67. The lowest BCUT2D eigenvalue weighted by molar-refractivity contribution is 0.404. The molecule has 0 amide bonds. The van der Waals surface area contributed by atoms with Gasteiger partial charge in [0.2, 0.25) is 5.69 Å². The Kier molecular flexibility index (Phi) is 6.07. The van der Waals surface area contributed by atoms with Gasteiger partial charge in [-0.15, -0.1) is 0 Å². The fraction of sp³-hybridized carbons (Fsp3) is 1.00. The van der Waals surface area contributed by atoms with Crippen LogP contribution in [0.2, 0.25) is 0 Å². The highest BCUT2D eigenvalue weighted by atomic mass is 32.9. The first kappa shape index (κ1) is 10.9. The Morgan fingerprint density at radius 3 is 2.70 bits per heavy atom. The van der Waals surface area contributed by atoms with E-state index >= 15 is 0 Å². The third-order valence-corrected chi connectivity index (χ3v) is 5.61. The quantitative estimate of drug-likeness (QED) is 0.545. The Labute approximate surface area is 71.3 Å². The van der Waals surface area contributed by atoms with Crippen molar-refractivity contribution < 1.29 is 9.42 Å². The maximum atomic E-state index is 9.22. The average Bonchev–Trinajstić information content (AvgIpc) is 1.89. The molecule has 1 atom stereocenters. The van der Waals surface area contributed by atoms with Crippen LogP contribution in [-0.4, -0.2) is 17.8 Å². The zero-order chi connectivity index (χ0) is 8.04. The van der Waals surface area contributed by atoms with Crippen molar-refractivity contribution in [2.45, 2.75) is 19.8 Å². The van der Waals surface area contributed by atoms with Crippen LogP contribution in [0.4, 0.5) is 0 Å². The van der Waals surface area contributed by atoms with Crippen LogP contribution >= 0.6 is 17.1 Å². The molecule has 0 spiro atoms. The van der Waals surface area contributed by atoms with Crippen molar-refractivity contribution in [2.75, 3.05) is 12.9 Å². The number of hydrogen-bond acceptors (Lipinski definition) is 3. The highest BCUT2D eigenvalue weighted by Gasteiger charge is 2.10. The summed E-state index contributed by atoms with van der Waals surface area (Å²) >= 11 is 6.13. The Morgan fingerprint density at radius 1 is 1.70 bits per heavy atom. The molecule has 2 nitrogen and oxygen atoms in total. The molecule has 0 bridgehead atoms. The molecule has 0 radical (unpaired) electrons. The van der Waals surface area contributed by atoms with Crippen molar-refractivity contribution in [3.05, 3.63) is 0 Å². The van der Waals surface area contributed by atoms with Crippen LogP contribution in [0, 0.1) is 0 Å². The first-order chi connectivity index (χ1) is 4.62. The summed E-state index contributed by atoms with van der Waals surface area (Å²) in [5, 5.41) is 0. The lowest BCUT2D eigenvalue weighted by Crippen LogP contribution is -1.80. The summed E-state index contributed by atoms with van der Waals surface area (Å²) in [7, 11) is 1.46. The van der Waals surface area contributed by atoms with Gasteiger partial charge in [0.15, 0.2) is 0 Å². The van der Waals surface area contributed by atoms with Crippen LogP contribution in [-0.2, 0) is 16.3 Å². The second-order valence-electron chi connectivity index (χ2n) is 1.84.